The van der Waals surface area contributed by atoms with Gasteiger partial charge in [-0.1, -0.05) is 18.7 Å². The number of aromatic nitrogens is 7. The number of rotatable bonds is 6. The van der Waals surface area contributed by atoms with E-state index >= 15 is 0 Å². The molecule has 196 valence electrons. The van der Waals surface area contributed by atoms with E-state index in [1.165, 1.54) is 12.4 Å². The van der Waals surface area contributed by atoms with E-state index < -0.39 is 0 Å². The molecule has 0 atom stereocenters. The van der Waals surface area contributed by atoms with Crippen LogP contribution >= 0.6 is 0 Å². The number of nitrogen functional groups attached to an aromatic ring is 1. The number of hydrogen-bond donors (Lipinski definition) is 1. The average molecular weight is 522 g/mol. The lowest BCUT2D eigenvalue weighted by molar-refractivity contribution is -0.127. The number of aryl methyl sites for hydroxylation is 1. The predicted molar refractivity (Wildman–Crippen MR) is 147 cm³/mol. The fraction of sp³-hybridized carbons (Fsp3) is 0.214. The van der Waals surface area contributed by atoms with Crippen molar-refractivity contribution in [2.24, 2.45) is 7.05 Å². The number of ether oxygens (including phenoxy) is 1. The summed E-state index contributed by atoms with van der Waals surface area (Å²) in [4.78, 5) is 30.8. The van der Waals surface area contributed by atoms with Crippen molar-refractivity contribution in [3.63, 3.8) is 0 Å². The van der Waals surface area contributed by atoms with Crippen LogP contribution in [0.15, 0.2) is 74.2 Å². The summed E-state index contributed by atoms with van der Waals surface area (Å²) < 4.78 is 9.86. The molecule has 2 N–H and O–H groups in total. The van der Waals surface area contributed by atoms with Crippen LogP contribution in [0.1, 0.15) is 18.9 Å². The van der Waals surface area contributed by atoms with Gasteiger partial charge in [0.2, 0.25) is 11.8 Å². The maximum Gasteiger partial charge on any atom is 0.245 e. The van der Waals surface area contributed by atoms with Crippen LogP contribution in [0.3, 0.4) is 0 Å². The van der Waals surface area contributed by atoms with E-state index in [1.807, 2.05) is 51.7 Å². The molecular formula is C28H27N9O2. The topological polar surface area (TPSA) is 130 Å². The number of carbonyl (C=O) groups is 1. The van der Waals surface area contributed by atoms with E-state index in [1.54, 1.807) is 18.6 Å². The van der Waals surface area contributed by atoms with E-state index in [2.05, 4.69) is 32.7 Å². The predicted octanol–water partition coefficient (Wildman–Crippen LogP) is 4.01. The Labute approximate surface area is 224 Å². The molecular weight excluding hydrogens is 494 g/mol. The SMILES string of the molecule is C=CC(=O)N1CCC(n2cc(-c3c(-c4ccc(Oc5cnccn5)cc4)c4c(N)ncnc4n3C)cn2)CC1. The van der Waals surface area contributed by atoms with E-state index in [0.29, 0.717) is 30.5 Å². The Kier molecular flexibility index (Phi) is 6.23. The number of benzene rings is 1. The fourth-order valence-electron chi connectivity index (χ4n) is 5.18. The van der Waals surface area contributed by atoms with Gasteiger partial charge in [-0.25, -0.2) is 15.0 Å². The molecule has 1 aliphatic rings. The highest BCUT2D eigenvalue weighted by Crippen LogP contribution is 2.42. The summed E-state index contributed by atoms with van der Waals surface area (Å²) in [5.74, 6) is 1.44. The van der Waals surface area contributed by atoms with Gasteiger partial charge >= 0.3 is 0 Å². The molecule has 0 saturated carbocycles. The minimum Gasteiger partial charge on any atom is -0.438 e. The molecule has 1 aromatic carbocycles. The molecule has 0 radical (unpaired) electrons. The Bertz CT molecular complexity index is 1650. The first-order valence-electron chi connectivity index (χ1n) is 12.6. The second-order valence-electron chi connectivity index (χ2n) is 9.38. The Hall–Kier alpha value is -5.06. The van der Waals surface area contributed by atoms with Crippen LogP contribution in [0.25, 0.3) is 33.4 Å². The molecule has 11 heteroatoms. The smallest absolute Gasteiger partial charge is 0.245 e. The number of anilines is 1. The highest BCUT2D eigenvalue weighted by atomic mass is 16.5. The third kappa shape index (κ3) is 4.48. The van der Waals surface area contributed by atoms with Gasteiger partial charge in [0.1, 0.15) is 23.5 Å². The fourth-order valence-corrected chi connectivity index (χ4v) is 5.18. The minimum atomic E-state index is -0.0263. The lowest BCUT2D eigenvalue weighted by Gasteiger charge is -2.31. The van der Waals surface area contributed by atoms with Crippen molar-refractivity contribution in [3.8, 4) is 34.0 Å². The zero-order valence-electron chi connectivity index (χ0n) is 21.4. The molecule has 0 unspecified atom stereocenters. The third-order valence-corrected chi connectivity index (χ3v) is 7.10. The molecule has 0 bridgehead atoms. The minimum absolute atomic E-state index is 0.0263. The van der Waals surface area contributed by atoms with Crippen LogP contribution in [0, 0.1) is 0 Å². The van der Waals surface area contributed by atoms with Crippen LogP contribution in [0.2, 0.25) is 0 Å². The summed E-state index contributed by atoms with van der Waals surface area (Å²) in [6.45, 7) is 4.96. The van der Waals surface area contributed by atoms with Gasteiger partial charge in [0.15, 0.2) is 0 Å². The van der Waals surface area contributed by atoms with Crippen molar-refractivity contribution in [2.45, 2.75) is 18.9 Å². The number of likely N-dealkylation sites (tertiary alicyclic amines) is 1. The van der Waals surface area contributed by atoms with Crippen molar-refractivity contribution in [2.75, 3.05) is 18.8 Å². The van der Waals surface area contributed by atoms with Crippen LogP contribution in [-0.4, -0.2) is 58.2 Å². The van der Waals surface area contributed by atoms with Crippen molar-refractivity contribution in [1.29, 1.82) is 0 Å². The summed E-state index contributed by atoms with van der Waals surface area (Å²) >= 11 is 0. The van der Waals surface area contributed by atoms with Crippen LogP contribution in [-0.2, 0) is 11.8 Å². The zero-order valence-corrected chi connectivity index (χ0v) is 21.4. The number of nitrogens with two attached hydrogens (primary N) is 1. The Morgan fingerprint density at radius 2 is 1.87 bits per heavy atom. The Balaban J connectivity index is 1.36. The normalized spacial score (nSPS) is 14.0. The molecule has 1 aliphatic heterocycles. The summed E-state index contributed by atoms with van der Waals surface area (Å²) in [5, 5.41) is 5.49. The largest absolute Gasteiger partial charge is 0.438 e. The first-order chi connectivity index (χ1) is 19.0. The third-order valence-electron chi connectivity index (χ3n) is 7.10. The number of carbonyl (C=O) groups excluding carboxylic acids is 1. The summed E-state index contributed by atoms with van der Waals surface area (Å²) in [6.07, 6.45) is 13.2. The zero-order chi connectivity index (χ0) is 26.9. The van der Waals surface area contributed by atoms with E-state index in [9.17, 15) is 4.79 Å². The van der Waals surface area contributed by atoms with Crippen LogP contribution < -0.4 is 10.5 Å². The standard InChI is InChI=1S/C28H27N9O2/c1-3-23(38)36-12-8-20(9-13-36)37-16-19(14-34-37)26-24(25-27(29)32-17-33-28(25)35(26)2)18-4-6-21(7-5-18)39-22-15-30-10-11-31-22/h3-7,10-11,14-17,20H,1,8-9,12-13H2,2H3,(H2,29,32,33). The number of nitrogens with zero attached hydrogens (tertiary/aromatic N) is 8. The van der Waals surface area contributed by atoms with Crippen molar-refractivity contribution < 1.29 is 9.53 Å². The molecule has 39 heavy (non-hydrogen) atoms. The first-order valence-corrected chi connectivity index (χ1v) is 12.6. The van der Waals surface area contributed by atoms with Gasteiger partial charge in [-0.2, -0.15) is 5.10 Å². The first kappa shape index (κ1) is 24.3. The molecule has 11 nitrogen and oxygen atoms in total. The number of amides is 1. The van der Waals surface area contributed by atoms with Gasteiger partial charge < -0.3 is 19.9 Å². The number of piperidine rings is 1. The number of hydrogen-bond acceptors (Lipinski definition) is 8. The lowest BCUT2D eigenvalue weighted by Crippen LogP contribution is -2.38. The van der Waals surface area contributed by atoms with Crippen LogP contribution in [0.5, 0.6) is 11.6 Å². The number of fused-ring (bicyclic) bond motifs is 1. The van der Waals surface area contributed by atoms with Gasteiger partial charge in [0, 0.05) is 49.9 Å². The molecule has 4 aromatic heterocycles. The molecule has 0 spiro atoms. The van der Waals surface area contributed by atoms with Gasteiger partial charge in [-0.15, -0.1) is 0 Å². The Morgan fingerprint density at radius 1 is 1.08 bits per heavy atom. The monoisotopic (exact) mass is 521 g/mol. The molecule has 5 heterocycles. The highest BCUT2D eigenvalue weighted by Gasteiger charge is 2.26. The molecule has 1 amide bonds. The van der Waals surface area contributed by atoms with E-state index in [0.717, 1.165) is 46.3 Å². The second kappa shape index (κ2) is 10.0. The molecule has 0 aliphatic carbocycles. The van der Waals surface area contributed by atoms with Gasteiger partial charge in [0.25, 0.3) is 0 Å². The molecule has 6 rings (SSSR count). The van der Waals surface area contributed by atoms with Crippen molar-refractivity contribution in [3.05, 3.63) is 74.2 Å². The van der Waals surface area contributed by atoms with Gasteiger partial charge in [0.05, 0.1) is 29.5 Å². The van der Waals surface area contributed by atoms with E-state index in [4.69, 9.17) is 15.6 Å². The second-order valence-corrected chi connectivity index (χ2v) is 9.38. The summed E-state index contributed by atoms with van der Waals surface area (Å²) in [5.41, 5.74) is 10.9. The lowest BCUT2D eigenvalue weighted by atomic mass is 10.00. The molecule has 5 aromatic rings. The quantitative estimate of drug-likeness (QED) is 0.332. The summed E-state index contributed by atoms with van der Waals surface area (Å²) in [7, 11) is 1.97. The van der Waals surface area contributed by atoms with E-state index in [-0.39, 0.29) is 11.9 Å². The molecule has 1 saturated heterocycles. The maximum atomic E-state index is 12.0. The van der Waals surface area contributed by atoms with Crippen LogP contribution in [0.4, 0.5) is 5.82 Å². The van der Waals surface area contributed by atoms with Gasteiger partial charge in [-0.3, -0.25) is 14.5 Å². The highest BCUT2D eigenvalue weighted by molar-refractivity contribution is 6.07. The Morgan fingerprint density at radius 3 is 2.59 bits per heavy atom. The molecule has 1 fully saturated rings. The van der Waals surface area contributed by atoms with Crippen molar-refractivity contribution >= 4 is 22.8 Å². The maximum absolute atomic E-state index is 12.0. The van der Waals surface area contributed by atoms with Gasteiger partial charge in [-0.05, 0) is 36.6 Å². The average Bonchev–Trinajstić information content (AvgIpc) is 3.57. The van der Waals surface area contributed by atoms with Crippen molar-refractivity contribution in [1.82, 2.24) is 39.2 Å². The summed E-state index contributed by atoms with van der Waals surface area (Å²) in [6, 6.07) is 7.93.